The van der Waals surface area contributed by atoms with Gasteiger partial charge >= 0.3 is 0 Å². The molecule has 0 atom stereocenters. The molecule has 1 heterocycles. The van der Waals surface area contributed by atoms with E-state index in [2.05, 4.69) is 10.2 Å². The van der Waals surface area contributed by atoms with Gasteiger partial charge in [-0.15, -0.1) is 0 Å². The van der Waals surface area contributed by atoms with E-state index in [9.17, 15) is 0 Å². The number of hydrogen-bond donors (Lipinski definition) is 1. The van der Waals surface area contributed by atoms with E-state index in [-0.39, 0.29) is 0 Å². The van der Waals surface area contributed by atoms with Gasteiger partial charge in [0.15, 0.2) is 0 Å². The minimum atomic E-state index is 0.412. The summed E-state index contributed by atoms with van der Waals surface area (Å²) in [5.74, 6) is 0.875. The first-order valence-electron chi connectivity index (χ1n) is 5.42. The Morgan fingerprint density at radius 1 is 1.18 bits per heavy atom. The van der Waals surface area contributed by atoms with Gasteiger partial charge in [-0.05, 0) is 42.8 Å². The third-order valence-corrected chi connectivity index (χ3v) is 2.62. The highest BCUT2D eigenvalue weighted by Gasteiger charge is 2.04. The number of nitrogens with two attached hydrogens (primary N) is 1. The van der Waals surface area contributed by atoms with Crippen molar-refractivity contribution in [3.63, 3.8) is 0 Å². The Morgan fingerprint density at radius 2 is 2.00 bits per heavy atom. The second-order valence-corrected chi connectivity index (χ2v) is 3.80. The van der Waals surface area contributed by atoms with Gasteiger partial charge in [-0.2, -0.15) is 10.2 Å². The molecule has 4 nitrogen and oxygen atoms in total. The number of hydrogen-bond acceptors (Lipinski definition) is 4. The Labute approximate surface area is 100 Å². The summed E-state index contributed by atoms with van der Waals surface area (Å²) in [5, 5.41) is 8.19. The molecule has 0 spiro atoms. The maximum absolute atomic E-state index is 5.48. The molecular formula is C13H15N3O. The predicted molar refractivity (Wildman–Crippen MR) is 66.6 cm³/mol. The van der Waals surface area contributed by atoms with Crippen LogP contribution in [0.25, 0.3) is 11.3 Å². The minimum Gasteiger partial charge on any atom is -0.496 e. The molecule has 0 saturated heterocycles. The Hall–Kier alpha value is -1.94. The Bertz CT molecular complexity index is 509. The summed E-state index contributed by atoms with van der Waals surface area (Å²) in [7, 11) is 1.66. The van der Waals surface area contributed by atoms with Crippen LogP contribution in [0.1, 0.15) is 11.3 Å². The maximum atomic E-state index is 5.48. The lowest BCUT2D eigenvalue weighted by molar-refractivity contribution is 0.412. The van der Waals surface area contributed by atoms with E-state index in [4.69, 9.17) is 10.5 Å². The van der Waals surface area contributed by atoms with Crippen molar-refractivity contribution >= 4 is 0 Å². The molecule has 2 rings (SSSR count). The fourth-order valence-electron chi connectivity index (χ4n) is 1.66. The van der Waals surface area contributed by atoms with Crippen molar-refractivity contribution in [2.75, 3.05) is 7.11 Å². The van der Waals surface area contributed by atoms with E-state index in [1.807, 2.05) is 37.3 Å². The van der Waals surface area contributed by atoms with Gasteiger partial charge in [0.05, 0.1) is 18.5 Å². The third-order valence-electron chi connectivity index (χ3n) is 2.62. The van der Waals surface area contributed by atoms with Gasteiger partial charge < -0.3 is 10.5 Å². The van der Waals surface area contributed by atoms with Gasteiger partial charge in [0.1, 0.15) is 5.75 Å². The molecule has 4 heteroatoms. The van der Waals surface area contributed by atoms with Crippen molar-refractivity contribution < 1.29 is 4.74 Å². The molecule has 1 aromatic carbocycles. The summed E-state index contributed by atoms with van der Waals surface area (Å²) in [6.07, 6.45) is 0. The fourth-order valence-corrected chi connectivity index (χ4v) is 1.66. The monoisotopic (exact) mass is 229 g/mol. The first-order valence-corrected chi connectivity index (χ1v) is 5.42. The minimum absolute atomic E-state index is 0.412. The van der Waals surface area contributed by atoms with E-state index < -0.39 is 0 Å². The molecule has 0 amide bonds. The Morgan fingerprint density at radius 3 is 2.53 bits per heavy atom. The van der Waals surface area contributed by atoms with Crippen molar-refractivity contribution in [3.05, 3.63) is 41.6 Å². The number of benzene rings is 1. The van der Waals surface area contributed by atoms with Crippen LogP contribution in [0.3, 0.4) is 0 Å². The average Bonchev–Trinajstić information content (AvgIpc) is 2.39. The summed E-state index contributed by atoms with van der Waals surface area (Å²) in [4.78, 5) is 0. The second kappa shape index (κ2) is 4.93. The van der Waals surface area contributed by atoms with Crippen LogP contribution in [0, 0.1) is 6.92 Å². The van der Waals surface area contributed by atoms with Crippen molar-refractivity contribution in [1.29, 1.82) is 0 Å². The molecule has 0 unspecified atom stereocenters. The largest absolute Gasteiger partial charge is 0.496 e. The normalized spacial score (nSPS) is 10.3. The number of aromatic nitrogens is 2. The molecule has 0 bridgehead atoms. The van der Waals surface area contributed by atoms with E-state index in [1.165, 1.54) is 0 Å². The number of nitrogens with zero attached hydrogens (tertiary/aromatic N) is 2. The van der Waals surface area contributed by atoms with E-state index in [0.29, 0.717) is 6.54 Å². The van der Waals surface area contributed by atoms with Crippen LogP contribution in [0.2, 0.25) is 0 Å². The summed E-state index contributed by atoms with van der Waals surface area (Å²) in [5.41, 5.74) is 9.22. The molecule has 2 aromatic rings. The predicted octanol–water partition coefficient (Wildman–Crippen LogP) is 1.92. The van der Waals surface area contributed by atoms with Crippen LogP contribution in [0.5, 0.6) is 5.75 Å². The van der Waals surface area contributed by atoms with Crippen molar-refractivity contribution in [3.8, 4) is 17.0 Å². The van der Waals surface area contributed by atoms with Gasteiger partial charge in [-0.1, -0.05) is 0 Å². The first kappa shape index (κ1) is 11.5. The van der Waals surface area contributed by atoms with Crippen molar-refractivity contribution in [2.24, 2.45) is 5.73 Å². The topological polar surface area (TPSA) is 61.0 Å². The zero-order valence-corrected chi connectivity index (χ0v) is 9.97. The number of methoxy groups -OCH3 is 1. The lowest BCUT2D eigenvalue weighted by atomic mass is 10.1. The highest BCUT2D eigenvalue weighted by Crippen LogP contribution is 2.24. The molecule has 0 saturated carbocycles. The number of aryl methyl sites for hydroxylation is 1. The molecule has 0 aliphatic heterocycles. The van der Waals surface area contributed by atoms with Gasteiger partial charge in [-0.3, -0.25) is 0 Å². The van der Waals surface area contributed by atoms with E-state index in [0.717, 1.165) is 28.3 Å². The summed E-state index contributed by atoms with van der Waals surface area (Å²) >= 11 is 0. The molecule has 0 fully saturated rings. The van der Waals surface area contributed by atoms with Crippen molar-refractivity contribution in [1.82, 2.24) is 10.2 Å². The first-order chi connectivity index (χ1) is 8.24. The van der Waals surface area contributed by atoms with Crippen molar-refractivity contribution in [2.45, 2.75) is 13.5 Å². The Balaban J connectivity index is 2.35. The quantitative estimate of drug-likeness (QED) is 0.873. The zero-order valence-electron chi connectivity index (χ0n) is 9.97. The number of rotatable bonds is 3. The van der Waals surface area contributed by atoms with Gasteiger partial charge in [0.2, 0.25) is 0 Å². The lowest BCUT2D eigenvalue weighted by Gasteiger charge is -2.06. The standard InChI is InChI=1S/C13H15N3O/c1-9-7-10(3-6-13(9)17-2)12-5-4-11(8-14)15-16-12/h3-7H,8,14H2,1-2H3. The highest BCUT2D eigenvalue weighted by atomic mass is 16.5. The SMILES string of the molecule is COc1ccc(-c2ccc(CN)nn2)cc1C. The van der Waals surface area contributed by atoms with E-state index >= 15 is 0 Å². The Kier molecular flexibility index (Phi) is 3.35. The smallest absolute Gasteiger partial charge is 0.121 e. The molecular weight excluding hydrogens is 214 g/mol. The summed E-state index contributed by atoms with van der Waals surface area (Å²) in [6.45, 7) is 2.42. The van der Waals surface area contributed by atoms with Crippen LogP contribution in [-0.4, -0.2) is 17.3 Å². The average molecular weight is 229 g/mol. The van der Waals surface area contributed by atoms with Gasteiger partial charge in [0, 0.05) is 12.1 Å². The fraction of sp³-hybridized carbons (Fsp3) is 0.231. The molecule has 0 aliphatic carbocycles. The summed E-state index contributed by atoms with van der Waals surface area (Å²) < 4.78 is 5.22. The van der Waals surface area contributed by atoms with Crippen LogP contribution in [0.4, 0.5) is 0 Å². The zero-order chi connectivity index (χ0) is 12.3. The van der Waals surface area contributed by atoms with Gasteiger partial charge in [0.25, 0.3) is 0 Å². The van der Waals surface area contributed by atoms with Crippen LogP contribution in [0.15, 0.2) is 30.3 Å². The summed E-state index contributed by atoms with van der Waals surface area (Å²) in [6, 6.07) is 9.75. The molecule has 2 N–H and O–H groups in total. The molecule has 1 aromatic heterocycles. The van der Waals surface area contributed by atoms with Gasteiger partial charge in [-0.25, -0.2) is 0 Å². The van der Waals surface area contributed by atoms with Crippen LogP contribution < -0.4 is 10.5 Å². The molecule has 88 valence electrons. The third kappa shape index (κ3) is 2.42. The lowest BCUT2D eigenvalue weighted by Crippen LogP contribution is -2.01. The highest BCUT2D eigenvalue weighted by molar-refractivity contribution is 5.61. The molecule has 0 aliphatic rings. The number of ether oxygens (including phenoxy) is 1. The molecule has 0 radical (unpaired) electrons. The van der Waals surface area contributed by atoms with Crippen LogP contribution >= 0.6 is 0 Å². The molecule has 17 heavy (non-hydrogen) atoms. The van der Waals surface area contributed by atoms with Crippen LogP contribution in [-0.2, 0) is 6.54 Å². The second-order valence-electron chi connectivity index (χ2n) is 3.80. The van der Waals surface area contributed by atoms with E-state index in [1.54, 1.807) is 7.11 Å². The maximum Gasteiger partial charge on any atom is 0.121 e.